The predicted octanol–water partition coefficient (Wildman–Crippen LogP) is 5.47. The molecule has 0 saturated heterocycles. The Bertz CT molecular complexity index is 174. The molecule has 0 rings (SSSR count). The molecule has 0 aromatic rings. The first-order chi connectivity index (χ1) is 7.89. The van der Waals surface area contributed by atoms with Crippen LogP contribution in [0.1, 0.15) is 59.3 Å². The van der Waals surface area contributed by atoms with Gasteiger partial charge in [-0.1, -0.05) is 46.5 Å². The van der Waals surface area contributed by atoms with Gasteiger partial charge in [0.2, 0.25) is 0 Å². The number of unbranched alkanes of at least 4 members (excludes halogenated alkanes) is 2. The third kappa shape index (κ3) is 11.0. The van der Waals surface area contributed by atoms with E-state index in [-0.39, 0.29) is 0 Å². The summed E-state index contributed by atoms with van der Waals surface area (Å²) in [6.45, 7) is 14.8. The summed E-state index contributed by atoms with van der Waals surface area (Å²) >= 11 is 0. The smallest absolute Gasteiger partial charge is 0.183 e. The second-order valence-electron chi connectivity index (χ2n) is 6.53. The van der Waals surface area contributed by atoms with Crippen LogP contribution < -0.4 is 0 Å². The standard InChI is InChI=1S/C15H34OSi/c1-7-9-10-11-15(12-14(3)8-2)13-16-17(4,5)6/h14-15H,7-13H2,1-6H3. The lowest BCUT2D eigenvalue weighted by atomic mass is 9.90. The molecule has 2 unspecified atom stereocenters. The molecule has 0 aliphatic heterocycles. The Morgan fingerprint density at radius 1 is 1.06 bits per heavy atom. The van der Waals surface area contributed by atoms with Crippen molar-refractivity contribution in [3.63, 3.8) is 0 Å². The highest BCUT2D eigenvalue weighted by Gasteiger charge is 2.18. The lowest BCUT2D eigenvalue weighted by Crippen LogP contribution is -2.29. The fraction of sp³-hybridized carbons (Fsp3) is 1.00. The Morgan fingerprint density at radius 2 is 1.71 bits per heavy atom. The van der Waals surface area contributed by atoms with Gasteiger partial charge in [0.1, 0.15) is 0 Å². The molecule has 0 aromatic heterocycles. The Balaban J connectivity index is 4.01. The maximum atomic E-state index is 6.11. The van der Waals surface area contributed by atoms with Crippen molar-refractivity contribution in [1.29, 1.82) is 0 Å². The highest BCUT2D eigenvalue weighted by molar-refractivity contribution is 6.69. The van der Waals surface area contributed by atoms with E-state index in [0.29, 0.717) is 0 Å². The van der Waals surface area contributed by atoms with Crippen molar-refractivity contribution in [2.45, 2.75) is 78.9 Å². The molecule has 0 bridgehead atoms. The molecule has 0 spiro atoms. The molecule has 0 aliphatic rings. The average molecular weight is 259 g/mol. The molecule has 0 heterocycles. The van der Waals surface area contributed by atoms with Gasteiger partial charge >= 0.3 is 0 Å². The van der Waals surface area contributed by atoms with E-state index in [1.807, 2.05) is 0 Å². The largest absolute Gasteiger partial charge is 0.417 e. The van der Waals surface area contributed by atoms with Crippen LogP contribution in [0.25, 0.3) is 0 Å². The Labute approximate surface area is 110 Å². The molecule has 1 nitrogen and oxygen atoms in total. The van der Waals surface area contributed by atoms with Crippen LogP contribution in [0.4, 0.5) is 0 Å². The quantitative estimate of drug-likeness (QED) is 0.373. The Morgan fingerprint density at radius 3 is 2.18 bits per heavy atom. The second kappa shape index (κ2) is 9.15. The minimum atomic E-state index is -1.33. The van der Waals surface area contributed by atoms with Gasteiger partial charge in [0, 0.05) is 6.61 Å². The summed E-state index contributed by atoms with van der Waals surface area (Å²) in [4.78, 5) is 0. The maximum Gasteiger partial charge on any atom is 0.183 e. The van der Waals surface area contributed by atoms with E-state index in [1.165, 1.54) is 38.5 Å². The van der Waals surface area contributed by atoms with Gasteiger partial charge in [-0.25, -0.2) is 0 Å². The molecule has 17 heavy (non-hydrogen) atoms. The summed E-state index contributed by atoms with van der Waals surface area (Å²) < 4.78 is 6.11. The molecular formula is C15H34OSi. The van der Waals surface area contributed by atoms with Gasteiger partial charge < -0.3 is 4.43 Å². The zero-order valence-corrected chi connectivity index (χ0v) is 14.0. The van der Waals surface area contributed by atoms with E-state index in [2.05, 4.69) is 40.4 Å². The molecule has 0 saturated carbocycles. The highest BCUT2D eigenvalue weighted by Crippen LogP contribution is 2.22. The van der Waals surface area contributed by atoms with Crippen molar-refractivity contribution in [2.24, 2.45) is 11.8 Å². The summed E-state index contributed by atoms with van der Waals surface area (Å²) in [5, 5.41) is 0. The van der Waals surface area contributed by atoms with Gasteiger partial charge in [-0.15, -0.1) is 0 Å². The normalized spacial score (nSPS) is 15.9. The summed E-state index contributed by atoms with van der Waals surface area (Å²) in [6.07, 6.45) is 8.10. The molecular weight excluding hydrogens is 224 g/mol. The molecule has 0 N–H and O–H groups in total. The summed E-state index contributed by atoms with van der Waals surface area (Å²) in [7, 11) is -1.33. The molecule has 0 aliphatic carbocycles. The predicted molar refractivity (Wildman–Crippen MR) is 81.0 cm³/mol. The minimum absolute atomic E-state index is 0.795. The van der Waals surface area contributed by atoms with Gasteiger partial charge in [0.25, 0.3) is 0 Å². The monoisotopic (exact) mass is 258 g/mol. The zero-order chi connectivity index (χ0) is 13.3. The van der Waals surface area contributed by atoms with E-state index in [9.17, 15) is 0 Å². The molecule has 0 aromatic carbocycles. The second-order valence-corrected chi connectivity index (χ2v) is 11.0. The Hall–Kier alpha value is 0.177. The van der Waals surface area contributed by atoms with E-state index < -0.39 is 8.32 Å². The van der Waals surface area contributed by atoms with E-state index in [0.717, 1.165) is 18.4 Å². The first kappa shape index (κ1) is 17.2. The van der Waals surface area contributed by atoms with Gasteiger partial charge in [0.05, 0.1) is 0 Å². The van der Waals surface area contributed by atoms with Crippen LogP contribution >= 0.6 is 0 Å². The van der Waals surface area contributed by atoms with E-state index in [1.54, 1.807) is 0 Å². The molecule has 0 fully saturated rings. The van der Waals surface area contributed by atoms with Crippen molar-refractivity contribution in [3.05, 3.63) is 0 Å². The summed E-state index contributed by atoms with van der Waals surface area (Å²) in [5.41, 5.74) is 0. The van der Waals surface area contributed by atoms with Crippen molar-refractivity contribution in [1.82, 2.24) is 0 Å². The van der Waals surface area contributed by atoms with Crippen molar-refractivity contribution in [3.8, 4) is 0 Å². The topological polar surface area (TPSA) is 9.23 Å². The first-order valence-electron chi connectivity index (χ1n) is 7.53. The summed E-state index contributed by atoms with van der Waals surface area (Å²) in [6, 6.07) is 0. The zero-order valence-electron chi connectivity index (χ0n) is 13.0. The Kier molecular flexibility index (Phi) is 9.25. The molecule has 0 radical (unpaired) electrons. The van der Waals surface area contributed by atoms with Crippen LogP contribution in [0.2, 0.25) is 19.6 Å². The van der Waals surface area contributed by atoms with E-state index in [4.69, 9.17) is 4.43 Å². The van der Waals surface area contributed by atoms with Crippen LogP contribution in [0.15, 0.2) is 0 Å². The van der Waals surface area contributed by atoms with Gasteiger partial charge in [-0.3, -0.25) is 0 Å². The number of hydrogen-bond donors (Lipinski definition) is 0. The number of rotatable bonds is 10. The van der Waals surface area contributed by atoms with Crippen LogP contribution in [0.5, 0.6) is 0 Å². The van der Waals surface area contributed by atoms with Crippen LogP contribution in [-0.4, -0.2) is 14.9 Å². The maximum absolute atomic E-state index is 6.11. The molecule has 104 valence electrons. The summed E-state index contributed by atoms with van der Waals surface area (Å²) in [5.74, 6) is 1.65. The van der Waals surface area contributed by atoms with Crippen molar-refractivity contribution in [2.75, 3.05) is 6.61 Å². The van der Waals surface area contributed by atoms with Crippen molar-refractivity contribution >= 4 is 8.32 Å². The van der Waals surface area contributed by atoms with E-state index >= 15 is 0 Å². The van der Waals surface area contributed by atoms with Crippen LogP contribution in [-0.2, 0) is 4.43 Å². The highest BCUT2D eigenvalue weighted by atomic mass is 28.4. The average Bonchev–Trinajstić information content (AvgIpc) is 2.24. The fourth-order valence-corrected chi connectivity index (χ4v) is 2.79. The third-order valence-electron chi connectivity index (χ3n) is 3.40. The molecule has 2 heteroatoms. The first-order valence-corrected chi connectivity index (χ1v) is 10.9. The molecule has 2 atom stereocenters. The lowest BCUT2D eigenvalue weighted by Gasteiger charge is -2.25. The third-order valence-corrected chi connectivity index (χ3v) is 4.43. The lowest BCUT2D eigenvalue weighted by molar-refractivity contribution is 0.204. The van der Waals surface area contributed by atoms with Gasteiger partial charge in [0.15, 0.2) is 8.32 Å². The van der Waals surface area contributed by atoms with Crippen molar-refractivity contribution < 1.29 is 4.43 Å². The van der Waals surface area contributed by atoms with Gasteiger partial charge in [-0.2, -0.15) is 0 Å². The molecule has 0 amide bonds. The van der Waals surface area contributed by atoms with Gasteiger partial charge in [-0.05, 0) is 44.3 Å². The number of hydrogen-bond acceptors (Lipinski definition) is 1. The van der Waals surface area contributed by atoms with Crippen LogP contribution in [0, 0.1) is 11.8 Å². The SMILES string of the molecule is CCCCCC(CO[Si](C)(C)C)CC(C)CC. The fourth-order valence-electron chi connectivity index (χ4n) is 2.06. The van der Waals surface area contributed by atoms with Crippen LogP contribution in [0.3, 0.4) is 0 Å². The minimum Gasteiger partial charge on any atom is -0.417 e.